The van der Waals surface area contributed by atoms with E-state index in [9.17, 15) is 5.26 Å². The molecule has 0 saturated carbocycles. The number of hydrogen-bond acceptors (Lipinski definition) is 2. The van der Waals surface area contributed by atoms with Gasteiger partial charge in [0, 0.05) is 11.1 Å². The van der Waals surface area contributed by atoms with E-state index >= 15 is 0 Å². The van der Waals surface area contributed by atoms with Crippen LogP contribution in [0.1, 0.15) is 18.1 Å². The summed E-state index contributed by atoms with van der Waals surface area (Å²) in [5, 5.41) is 10.3. The first-order valence-corrected chi connectivity index (χ1v) is 7.21. The number of rotatable bonds is 4. The van der Waals surface area contributed by atoms with Gasteiger partial charge in [-0.25, -0.2) is 0 Å². The first kappa shape index (κ1) is 15.4. The second kappa shape index (κ2) is 7.17. The summed E-state index contributed by atoms with van der Waals surface area (Å²) in [6.45, 7) is 2.47. The van der Waals surface area contributed by atoms with Gasteiger partial charge in [0.2, 0.25) is 0 Å². The van der Waals surface area contributed by atoms with Crippen molar-refractivity contribution in [2.45, 2.75) is 6.92 Å². The Bertz CT molecular complexity index is 697. The van der Waals surface area contributed by atoms with Crippen LogP contribution in [0.4, 0.5) is 0 Å². The number of halogens is 2. The molecule has 2 aromatic carbocycles. The molecule has 0 unspecified atom stereocenters. The quantitative estimate of drug-likeness (QED) is 0.554. The number of para-hydroxylation sites is 1. The maximum Gasteiger partial charge on any atom is 0.126 e. The van der Waals surface area contributed by atoms with Gasteiger partial charge >= 0.3 is 0 Å². The molecule has 0 radical (unpaired) electrons. The summed E-state index contributed by atoms with van der Waals surface area (Å²) in [6.07, 6.45) is 1.73. The second-order valence-corrected chi connectivity index (χ2v) is 5.05. The van der Waals surface area contributed by atoms with Crippen molar-refractivity contribution >= 4 is 34.9 Å². The zero-order valence-corrected chi connectivity index (χ0v) is 12.9. The van der Waals surface area contributed by atoms with E-state index in [1.165, 1.54) is 0 Å². The minimum Gasteiger partial charge on any atom is -0.493 e. The molecule has 0 aliphatic rings. The highest BCUT2D eigenvalue weighted by atomic mass is 35.5. The Balaban J connectivity index is 2.55. The number of nitriles is 1. The molecule has 0 heterocycles. The Labute approximate surface area is 134 Å². The zero-order chi connectivity index (χ0) is 15.2. The smallest absolute Gasteiger partial charge is 0.126 e. The van der Waals surface area contributed by atoms with Crippen molar-refractivity contribution in [3.05, 3.63) is 63.6 Å². The fraction of sp³-hybridized carbons (Fsp3) is 0.118. The molecule has 0 aromatic heterocycles. The second-order valence-electron chi connectivity index (χ2n) is 4.24. The van der Waals surface area contributed by atoms with Crippen LogP contribution in [0.2, 0.25) is 10.0 Å². The summed E-state index contributed by atoms with van der Waals surface area (Å²) in [7, 11) is 0. The molecule has 0 bridgehead atoms. The van der Waals surface area contributed by atoms with E-state index in [2.05, 4.69) is 6.07 Å². The van der Waals surface area contributed by atoms with Crippen LogP contribution in [0.3, 0.4) is 0 Å². The van der Waals surface area contributed by atoms with E-state index in [-0.39, 0.29) is 0 Å². The molecule has 0 fully saturated rings. The highest BCUT2D eigenvalue weighted by molar-refractivity contribution is 6.38. The molecule has 0 saturated heterocycles. The normalized spacial score (nSPS) is 11.0. The number of nitrogens with zero attached hydrogens (tertiary/aromatic N) is 1. The van der Waals surface area contributed by atoms with Gasteiger partial charge in [-0.3, -0.25) is 0 Å². The van der Waals surface area contributed by atoms with Gasteiger partial charge in [0.05, 0.1) is 28.3 Å². The van der Waals surface area contributed by atoms with Gasteiger partial charge in [-0.2, -0.15) is 5.26 Å². The van der Waals surface area contributed by atoms with Crippen molar-refractivity contribution in [1.82, 2.24) is 0 Å². The van der Waals surface area contributed by atoms with E-state index in [1.807, 2.05) is 31.2 Å². The summed E-state index contributed by atoms with van der Waals surface area (Å²) in [4.78, 5) is 0. The molecule has 0 spiro atoms. The van der Waals surface area contributed by atoms with Crippen molar-refractivity contribution in [2.75, 3.05) is 6.61 Å². The Kier molecular flexibility index (Phi) is 5.27. The van der Waals surface area contributed by atoms with Crippen LogP contribution in [0.5, 0.6) is 5.75 Å². The molecule has 0 atom stereocenters. The standard InChI is InChI=1S/C17H13Cl2NO/c1-2-21-16-9-4-3-6-12(16)10-13(11-20)17-14(18)7-5-8-15(17)19/h3-10H,2H2,1H3/b13-10+. The molecule has 0 amide bonds. The van der Waals surface area contributed by atoms with E-state index < -0.39 is 0 Å². The Hall–Kier alpha value is -1.95. The molecule has 0 N–H and O–H groups in total. The van der Waals surface area contributed by atoms with Gasteiger partial charge < -0.3 is 4.74 Å². The number of ether oxygens (including phenoxy) is 1. The average Bonchev–Trinajstić information content (AvgIpc) is 2.48. The minimum atomic E-state index is 0.401. The van der Waals surface area contributed by atoms with Crippen LogP contribution in [-0.2, 0) is 0 Å². The molecule has 21 heavy (non-hydrogen) atoms. The third-order valence-electron chi connectivity index (χ3n) is 2.87. The Morgan fingerprint density at radius 2 is 1.81 bits per heavy atom. The number of hydrogen-bond donors (Lipinski definition) is 0. The lowest BCUT2D eigenvalue weighted by atomic mass is 10.0. The van der Waals surface area contributed by atoms with E-state index in [4.69, 9.17) is 27.9 Å². The van der Waals surface area contributed by atoms with Crippen LogP contribution in [0.25, 0.3) is 11.6 Å². The SMILES string of the molecule is CCOc1ccccc1/C=C(\C#N)c1c(Cl)cccc1Cl. The third kappa shape index (κ3) is 3.58. The van der Waals surface area contributed by atoms with Crippen molar-refractivity contribution in [3.8, 4) is 11.8 Å². The van der Waals surface area contributed by atoms with Crippen LogP contribution in [0.15, 0.2) is 42.5 Å². The molecule has 0 aliphatic carbocycles. The molecular weight excluding hydrogens is 305 g/mol. The maximum atomic E-state index is 9.43. The first-order valence-electron chi connectivity index (χ1n) is 6.45. The van der Waals surface area contributed by atoms with Gasteiger partial charge in [0.1, 0.15) is 5.75 Å². The molecule has 4 heteroatoms. The Morgan fingerprint density at radius 1 is 1.14 bits per heavy atom. The van der Waals surface area contributed by atoms with Gasteiger partial charge in [-0.05, 0) is 31.2 Å². The third-order valence-corrected chi connectivity index (χ3v) is 3.50. The largest absolute Gasteiger partial charge is 0.493 e. The van der Waals surface area contributed by atoms with Gasteiger partial charge in [0.15, 0.2) is 0 Å². The summed E-state index contributed by atoms with van der Waals surface area (Å²) in [5.41, 5.74) is 1.75. The van der Waals surface area contributed by atoms with E-state index in [1.54, 1.807) is 24.3 Å². The van der Waals surface area contributed by atoms with Crippen LogP contribution in [-0.4, -0.2) is 6.61 Å². The first-order chi connectivity index (χ1) is 10.2. The average molecular weight is 318 g/mol. The molecule has 2 nitrogen and oxygen atoms in total. The Morgan fingerprint density at radius 3 is 2.43 bits per heavy atom. The summed E-state index contributed by atoms with van der Waals surface area (Å²) < 4.78 is 5.56. The maximum absolute atomic E-state index is 9.43. The predicted octanol–water partition coefficient (Wildman–Crippen LogP) is 5.46. The van der Waals surface area contributed by atoms with E-state index in [0.29, 0.717) is 27.8 Å². The summed E-state index contributed by atoms with van der Waals surface area (Å²) >= 11 is 12.3. The van der Waals surface area contributed by atoms with Crippen molar-refractivity contribution in [1.29, 1.82) is 5.26 Å². The van der Waals surface area contributed by atoms with Crippen LogP contribution >= 0.6 is 23.2 Å². The van der Waals surface area contributed by atoms with Crippen molar-refractivity contribution in [3.63, 3.8) is 0 Å². The molecular formula is C17H13Cl2NO. The highest BCUT2D eigenvalue weighted by Crippen LogP contribution is 2.33. The summed E-state index contributed by atoms with van der Waals surface area (Å²) in [5.74, 6) is 0.718. The fourth-order valence-corrected chi connectivity index (χ4v) is 2.56. The monoisotopic (exact) mass is 317 g/mol. The van der Waals surface area contributed by atoms with E-state index in [0.717, 1.165) is 11.3 Å². The van der Waals surface area contributed by atoms with Crippen LogP contribution in [0, 0.1) is 11.3 Å². The van der Waals surface area contributed by atoms with Crippen molar-refractivity contribution < 1.29 is 4.74 Å². The molecule has 0 aliphatic heterocycles. The lowest BCUT2D eigenvalue weighted by Gasteiger charge is -2.09. The van der Waals surface area contributed by atoms with Gasteiger partial charge in [-0.1, -0.05) is 47.5 Å². The summed E-state index contributed by atoms with van der Waals surface area (Å²) in [6, 6.07) is 14.8. The van der Waals surface area contributed by atoms with Crippen molar-refractivity contribution in [2.24, 2.45) is 0 Å². The lowest BCUT2D eigenvalue weighted by molar-refractivity contribution is 0.339. The highest BCUT2D eigenvalue weighted by Gasteiger charge is 2.12. The molecule has 2 aromatic rings. The number of benzene rings is 2. The molecule has 106 valence electrons. The fourth-order valence-electron chi connectivity index (χ4n) is 1.96. The van der Waals surface area contributed by atoms with Gasteiger partial charge in [-0.15, -0.1) is 0 Å². The predicted molar refractivity (Wildman–Crippen MR) is 87.6 cm³/mol. The molecule has 2 rings (SSSR count). The van der Waals surface area contributed by atoms with Gasteiger partial charge in [0.25, 0.3) is 0 Å². The topological polar surface area (TPSA) is 33.0 Å². The lowest BCUT2D eigenvalue weighted by Crippen LogP contribution is -1.94. The zero-order valence-electron chi connectivity index (χ0n) is 11.4. The minimum absolute atomic E-state index is 0.401. The number of allylic oxidation sites excluding steroid dienone is 1. The van der Waals surface area contributed by atoms with Crippen LogP contribution < -0.4 is 4.74 Å².